The van der Waals surface area contributed by atoms with Crippen molar-refractivity contribution in [1.29, 1.82) is 0 Å². The van der Waals surface area contributed by atoms with E-state index in [9.17, 15) is 21.6 Å². The summed E-state index contributed by atoms with van der Waals surface area (Å²) in [5.74, 6) is -0.285. The molecule has 1 rings (SSSR count). The summed E-state index contributed by atoms with van der Waals surface area (Å²) in [6.45, 7) is 0.503. The van der Waals surface area contributed by atoms with Crippen molar-refractivity contribution in [1.82, 2.24) is 8.68 Å². The molecule has 0 amide bonds. The molecule has 1 aromatic heterocycles. The number of nitrogens with two attached hydrogens (primary N) is 1. The number of halogens is 3. The van der Waals surface area contributed by atoms with Crippen LogP contribution in [0.3, 0.4) is 0 Å². The van der Waals surface area contributed by atoms with Gasteiger partial charge < -0.3 is 10.6 Å². The van der Waals surface area contributed by atoms with E-state index in [2.05, 4.69) is 4.37 Å². The largest absolute Gasteiger partial charge is 0.405 e. The summed E-state index contributed by atoms with van der Waals surface area (Å²) in [7, 11) is -1.40. The Morgan fingerprint density at radius 2 is 1.90 bits per heavy atom. The molecule has 6 nitrogen and oxygen atoms in total. The van der Waals surface area contributed by atoms with Crippen LogP contribution in [-0.2, 0) is 10.0 Å². The Balaban J connectivity index is 3.35. The zero-order chi connectivity index (χ0) is 16.4. The lowest BCUT2D eigenvalue weighted by atomic mass is 10.4. The Morgan fingerprint density at radius 1 is 1.33 bits per heavy atom. The summed E-state index contributed by atoms with van der Waals surface area (Å²) in [5.41, 5.74) is 5.55. The van der Waals surface area contributed by atoms with Crippen molar-refractivity contribution >= 4 is 32.4 Å². The van der Waals surface area contributed by atoms with E-state index in [0.29, 0.717) is 18.0 Å². The van der Waals surface area contributed by atoms with Crippen molar-refractivity contribution < 1.29 is 21.6 Å². The first-order chi connectivity index (χ1) is 9.50. The molecular formula is C10H17F3N4O2S2. The monoisotopic (exact) mass is 346 g/mol. The van der Waals surface area contributed by atoms with E-state index in [4.69, 9.17) is 5.73 Å². The molecule has 0 aromatic carbocycles. The SMILES string of the molecule is CCCN(CC(F)(F)F)c1snc(N)c1S(=O)(=O)N(C)C. The van der Waals surface area contributed by atoms with Crippen LogP contribution in [0, 0.1) is 0 Å². The summed E-state index contributed by atoms with van der Waals surface area (Å²) >= 11 is 0.654. The van der Waals surface area contributed by atoms with E-state index in [-0.39, 0.29) is 22.3 Å². The molecule has 2 N–H and O–H groups in total. The van der Waals surface area contributed by atoms with Gasteiger partial charge in [0.05, 0.1) is 0 Å². The summed E-state index contributed by atoms with van der Waals surface area (Å²) in [4.78, 5) is 0.583. The maximum absolute atomic E-state index is 12.7. The van der Waals surface area contributed by atoms with Gasteiger partial charge in [0.15, 0.2) is 10.7 Å². The fourth-order valence-corrected chi connectivity index (χ4v) is 3.90. The van der Waals surface area contributed by atoms with Crippen molar-refractivity contribution in [2.45, 2.75) is 24.4 Å². The first-order valence-corrected chi connectivity index (χ1v) is 8.21. The average Bonchev–Trinajstić information content (AvgIpc) is 2.69. The van der Waals surface area contributed by atoms with Gasteiger partial charge in [-0.25, -0.2) is 12.7 Å². The minimum atomic E-state index is -4.45. The van der Waals surface area contributed by atoms with Crippen molar-refractivity contribution in [3.63, 3.8) is 0 Å². The number of hydrogen-bond acceptors (Lipinski definition) is 6. The molecule has 0 bridgehead atoms. The lowest BCUT2D eigenvalue weighted by Crippen LogP contribution is -2.35. The van der Waals surface area contributed by atoms with Crippen LogP contribution in [-0.4, -0.2) is 50.5 Å². The fraction of sp³-hybridized carbons (Fsp3) is 0.700. The highest BCUT2D eigenvalue weighted by Crippen LogP contribution is 2.37. The molecule has 0 aliphatic carbocycles. The average molecular weight is 346 g/mol. The molecule has 0 radical (unpaired) electrons. The second-order valence-corrected chi connectivity index (χ2v) is 7.37. The summed E-state index contributed by atoms with van der Waals surface area (Å²) in [5, 5.41) is -0.0830. The third-order valence-electron chi connectivity index (χ3n) is 2.55. The third-order valence-corrected chi connectivity index (χ3v) is 5.48. The molecule has 0 atom stereocenters. The molecule has 1 heterocycles. The van der Waals surface area contributed by atoms with Gasteiger partial charge in [0.2, 0.25) is 10.0 Å². The van der Waals surface area contributed by atoms with Crippen LogP contribution >= 0.6 is 11.5 Å². The van der Waals surface area contributed by atoms with Crippen LogP contribution in [0.5, 0.6) is 0 Å². The van der Waals surface area contributed by atoms with E-state index < -0.39 is 22.7 Å². The van der Waals surface area contributed by atoms with Gasteiger partial charge in [-0.05, 0) is 18.0 Å². The van der Waals surface area contributed by atoms with Crippen LogP contribution in [0.4, 0.5) is 24.0 Å². The summed E-state index contributed by atoms with van der Waals surface area (Å²) in [6, 6.07) is 0. The highest BCUT2D eigenvalue weighted by atomic mass is 32.2. The number of nitrogen functional groups attached to an aromatic ring is 1. The van der Waals surface area contributed by atoms with Gasteiger partial charge in [-0.3, -0.25) is 0 Å². The predicted molar refractivity (Wildman–Crippen MR) is 76.0 cm³/mol. The highest BCUT2D eigenvalue weighted by molar-refractivity contribution is 7.89. The maximum atomic E-state index is 12.7. The minimum Gasteiger partial charge on any atom is -0.382 e. The first kappa shape index (κ1) is 18.0. The van der Waals surface area contributed by atoms with Gasteiger partial charge in [-0.15, -0.1) is 0 Å². The second kappa shape index (κ2) is 6.36. The molecule has 21 heavy (non-hydrogen) atoms. The second-order valence-electron chi connectivity index (χ2n) is 4.53. The minimum absolute atomic E-state index is 0.0527. The molecule has 11 heteroatoms. The number of alkyl halides is 3. The standard InChI is InChI=1S/C10H17F3N4O2S2/c1-4-5-17(6-10(11,12)13)9-7(8(14)15-20-9)21(18,19)16(2)3/h4-6H2,1-3H3,(H2,14,15). The van der Waals surface area contributed by atoms with E-state index in [1.807, 2.05) is 0 Å². The van der Waals surface area contributed by atoms with Gasteiger partial charge >= 0.3 is 6.18 Å². The summed E-state index contributed by atoms with van der Waals surface area (Å²) < 4.78 is 67.0. The lowest BCUT2D eigenvalue weighted by molar-refractivity contribution is -0.119. The third kappa shape index (κ3) is 4.20. The maximum Gasteiger partial charge on any atom is 0.405 e. The van der Waals surface area contributed by atoms with Gasteiger partial charge in [-0.1, -0.05) is 6.92 Å². The molecule has 0 spiro atoms. The van der Waals surface area contributed by atoms with Crippen molar-refractivity contribution in [2.75, 3.05) is 37.8 Å². The fourth-order valence-electron chi connectivity index (χ4n) is 1.65. The van der Waals surface area contributed by atoms with E-state index >= 15 is 0 Å². The number of rotatable bonds is 6. The number of aromatic nitrogens is 1. The Bertz CT molecular complexity index is 584. The Labute approximate surface area is 125 Å². The molecule has 0 saturated carbocycles. The van der Waals surface area contributed by atoms with Gasteiger partial charge in [0, 0.05) is 20.6 Å². The van der Waals surface area contributed by atoms with Crippen LogP contribution in [0.1, 0.15) is 13.3 Å². The first-order valence-electron chi connectivity index (χ1n) is 6.00. The molecule has 0 aliphatic rings. The number of nitrogens with zero attached hydrogens (tertiary/aromatic N) is 3. The normalized spacial score (nSPS) is 12.9. The van der Waals surface area contributed by atoms with Crippen LogP contribution in [0.2, 0.25) is 0 Å². The topological polar surface area (TPSA) is 79.5 Å². The highest BCUT2D eigenvalue weighted by Gasteiger charge is 2.36. The van der Waals surface area contributed by atoms with Crippen LogP contribution < -0.4 is 10.6 Å². The van der Waals surface area contributed by atoms with Crippen molar-refractivity contribution in [2.24, 2.45) is 0 Å². The Kier molecular flexibility index (Phi) is 5.45. The van der Waals surface area contributed by atoms with Gasteiger partial charge in [0.1, 0.15) is 11.5 Å². The zero-order valence-corrected chi connectivity index (χ0v) is 13.4. The Morgan fingerprint density at radius 3 is 2.33 bits per heavy atom. The smallest absolute Gasteiger partial charge is 0.382 e. The quantitative estimate of drug-likeness (QED) is 0.849. The number of anilines is 2. The van der Waals surface area contributed by atoms with Crippen molar-refractivity contribution in [3.8, 4) is 0 Å². The zero-order valence-electron chi connectivity index (χ0n) is 11.8. The van der Waals surface area contributed by atoms with Crippen molar-refractivity contribution in [3.05, 3.63) is 0 Å². The van der Waals surface area contributed by atoms with Crippen LogP contribution in [0.15, 0.2) is 4.90 Å². The molecule has 122 valence electrons. The molecule has 0 saturated heterocycles. The molecule has 0 fully saturated rings. The van der Waals surface area contributed by atoms with Crippen LogP contribution in [0.25, 0.3) is 0 Å². The molecular weight excluding hydrogens is 329 g/mol. The predicted octanol–water partition coefficient (Wildman–Crippen LogP) is 1.75. The summed E-state index contributed by atoms with van der Waals surface area (Å²) in [6.07, 6.45) is -4.03. The Hall–Kier alpha value is -1.07. The molecule has 0 aliphatic heterocycles. The number of sulfonamides is 1. The van der Waals surface area contributed by atoms with Gasteiger partial charge in [0.25, 0.3) is 0 Å². The van der Waals surface area contributed by atoms with E-state index in [1.54, 1.807) is 6.92 Å². The lowest BCUT2D eigenvalue weighted by Gasteiger charge is -2.25. The van der Waals surface area contributed by atoms with Gasteiger partial charge in [-0.2, -0.15) is 17.5 Å². The molecule has 0 unspecified atom stereocenters. The molecule has 1 aromatic rings. The van der Waals surface area contributed by atoms with E-state index in [1.165, 1.54) is 14.1 Å². The van der Waals surface area contributed by atoms with E-state index in [0.717, 1.165) is 9.21 Å². The number of hydrogen-bond donors (Lipinski definition) is 1.